The Bertz CT molecular complexity index is 803. The molecule has 0 spiro atoms. The first-order chi connectivity index (χ1) is 10.6. The summed E-state index contributed by atoms with van der Waals surface area (Å²) in [7, 11) is 0. The highest BCUT2D eigenvalue weighted by atomic mass is 35.5. The van der Waals surface area contributed by atoms with Gasteiger partial charge in [0.1, 0.15) is 24.2 Å². The number of ether oxygens (including phenoxy) is 1. The van der Waals surface area contributed by atoms with Gasteiger partial charge in [-0.05, 0) is 24.3 Å². The Morgan fingerprint density at radius 2 is 1.91 bits per heavy atom. The number of nitro groups is 1. The predicted octanol–water partition coefficient (Wildman–Crippen LogP) is 3.62. The molecule has 0 aliphatic rings. The molecule has 0 saturated carbocycles. The lowest BCUT2D eigenvalue weighted by molar-refractivity contribution is -0.384. The van der Waals surface area contributed by atoms with Gasteiger partial charge in [-0.3, -0.25) is 10.1 Å². The molecule has 0 bridgehead atoms. The minimum Gasteiger partial charge on any atom is -0.457 e. The number of rotatable bonds is 4. The van der Waals surface area contributed by atoms with Gasteiger partial charge in [0.05, 0.1) is 16.7 Å². The van der Waals surface area contributed by atoms with Crippen molar-refractivity contribution in [1.82, 2.24) is 14.8 Å². The molecule has 8 heteroatoms. The van der Waals surface area contributed by atoms with Crippen molar-refractivity contribution in [1.29, 1.82) is 0 Å². The van der Waals surface area contributed by atoms with Gasteiger partial charge < -0.3 is 4.74 Å². The maximum Gasteiger partial charge on any atom is 0.275 e. The standard InChI is InChI=1S/C14H9ClN4O3/c15-10-1-3-13(4-2-10)22-14-6-11(18-9-16-8-17-18)5-12(7-14)19(20)21/h1-9H. The maximum atomic E-state index is 11.1. The summed E-state index contributed by atoms with van der Waals surface area (Å²) in [5, 5.41) is 15.6. The first-order valence-corrected chi connectivity index (χ1v) is 6.57. The summed E-state index contributed by atoms with van der Waals surface area (Å²) in [6.45, 7) is 0. The van der Waals surface area contributed by atoms with Crippen LogP contribution in [0, 0.1) is 10.1 Å². The van der Waals surface area contributed by atoms with Crippen LogP contribution in [0.25, 0.3) is 5.69 Å². The van der Waals surface area contributed by atoms with E-state index in [9.17, 15) is 10.1 Å². The van der Waals surface area contributed by atoms with Crippen molar-refractivity contribution in [3.05, 3.63) is 70.3 Å². The van der Waals surface area contributed by atoms with E-state index in [2.05, 4.69) is 10.1 Å². The Kier molecular flexibility index (Phi) is 3.71. The lowest BCUT2D eigenvalue weighted by atomic mass is 10.2. The average molecular weight is 317 g/mol. The summed E-state index contributed by atoms with van der Waals surface area (Å²) < 4.78 is 7.06. The first kappa shape index (κ1) is 14.0. The highest BCUT2D eigenvalue weighted by Crippen LogP contribution is 2.29. The van der Waals surface area contributed by atoms with Crippen LogP contribution >= 0.6 is 11.6 Å². The van der Waals surface area contributed by atoms with Crippen LogP contribution in [0.1, 0.15) is 0 Å². The summed E-state index contributed by atoms with van der Waals surface area (Å²) >= 11 is 5.81. The molecule has 0 amide bonds. The molecule has 1 heterocycles. The van der Waals surface area contributed by atoms with E-state index >= 15 is 0 Å². The summed E-state index contributed by atoms with van der Waals surface area (Å²) in [5.41, 5.74) is 0.382. The number of benzene rings is 2. The van der Waals surface area contributed by atoms with Crippen molar-refractivity contribution in [3.8, 4) is 17.2 Å². The van der Waals surface area contributed by atoms with E-state index in [4.69, 9.17) is 16.3 Å². The summed E-state index contributed by atoms with van der Waals surface area (Å²) in [6.07, 6.45) is 2.80. The second-order valence-electron chi connectivity index (χ2n) is 4.34. The quantitative estimate of drug-likeness (QED) is 0.542. The molecule has 0 saturated heterocycles. The summed E-state index contributed by atoms with van der Waals surface area (Å²) in [4.78, 5) is 14.4. The van der Waals surface area contributed by atoms with Crippen LogP contribution in [-0.4, -0.2) is 19.7 Å². The lowest BCUT2D eigenvalue weighted by Gasteiger charge is -2.08. The van der Waals surface area contributed by atoms with Gasteiger partial charge in [-0.25, -0.2) is 9.67 Å². The van der Waals surface area contributed by atoms with Gasteiger partial charge >= 0.3 is 0 Å². The highest BCUT2D eigenvalue weighted by molar-refractivity contribution is 6.30. The largest absolute Gasteiger partial charge is 0.457 e. The van der Waals surface area contributed by atoms with Crippen molar-refractivity contribution < 1.29 is 9.66 Å². The van der Waals surface area contributed by atoms with Crippen molar-refractivity contribution >= 4 is 17.3 Å². The Balaban J connectivity index is 1.99. The van der Waals surface area contributed by atoms with Crippen LogP contribution in [0.4, 0.5) is 5.69 Å². The van der Waals surface area contributed by atoms with E-state index in [1.54, 1.807) is 30.3 Å². The Labute approximate surface area is 129 Å². The number of nitrogens with zero attached hydrogens (tertiary/aromatic N) is 4. The molecular weight excluding hydrogens is 308 g/mol. The zero-order valence-corrected chi connectivity index (χ0v) is 11.8. The third-order valence-electron chi connectivity index (χ3n) is 2.82. The molecule has 0 atom stereocenters. The molecule has 1 aromatic heterocycles. The Morgan fingerprint density at radius 3 is 2.55 bits per heavy atom. The van der Waals surface area contributed by atoms with E-state index in [1.807, 2.05) is 0 Å². The molecule has 3 aromatic rings. The van der Waals surface area contributed by atoms with E-state index in [0.717, 1.165) is 0 Å². The minimum atomic E-state index is -0.491. The normalized spacial score (nSPS) is 10.4. The van der Waals surface area contributed by atoms with Crippen LogP contribution in [0.2, 0.25) is 5.02 Å². The maximum absolute atomic E-state index is 11.1. The van der Waals surface area contributed by atoms with E-state index in [-0.39, 0.29) is 5.69 Å². The summed E-state index contributed by atoms with van der Waals surface area (Å²) in [5.74, 6) is 0.844. The van der Waals surface area contributed by atoms with Crippen LogP contribution in [0.15, 0.2) is 55.1 Å². The molecule has 0 unspecified atom stereocenters. The molecule has 2 aromatic carbocycles. The van der Waals surface area contributed by atoms with Gasteiger partial charge in [-0.1, -0.05) is 11.6 Å². The molecule has 7 nitrogen and oxygen atoms in total. The second-order valence-corrected chi connectivity index (χ2v) is 4.77. The van der Waals surface area contributed by atoms with Gasteiger partial charge in [-0.2, -0.15) is 5.10 Å². The number of halogens is 1. The van der Waals surface area contributed by atoms with E-state index in [0.29, 0.717) is 22.2 Å². The number of hydrogen-bond acceptors (Lipinski definition) is 5. The highest BCUT2D eigenvalue weighted by Gasteiger charge is 2.13. The van der Waals surface area contributed by atoms with Gasteiger partial charge in [0.15, 0.2) is 0 Å². The van der Waals surface area contributed by atoms with Gasteiger partial charge in [-0.15, -0.1) is 0 Å². The van der Waals surface area contributed by atoms with Crippen molar-refractivity contribution in [2.45, 2.75) is 0 Å². The third-order valence-corrected chi connectivity index (χ3v) is 3.07. The predicted molar refractivity (Wildman–Crippen MR) is 79.5 cm³/mol. The number of non-ortho nitro benzene ring substituents is 1. The van der Waals surface area contributed by atoms with Crippen LogP contribution in [0.5, 0.6) is 11.5 Å². The van der Waals surface area contributed by atoms with Gasteiger partial charge in [0.25, 0.3) is 5.69 Å². The number of aromatic nitrogens is 3. The fourth-order valence-electron chi connectivity index (χ4n) is 1.84. The molecule has 22 heavy (non-hydrogen) atoms. The molecule has 0 fully saturated rings. The van der Waals surface area contributed by atoms with Crippen molar-refractivity contribution in [3.63, 3.8) is 0 Å². The molecule has 110 valence electrons. The number of hydrogen-bond donors (Lipinski definition) is 0. The first-order valence-electron chi connectivity index (χ1n) is 6.20. The topological polar surface area (TPSA) is 83.1 Å². The van der Waals surface area contributed by atoms with Gasteiger partial charge in [0.2, 0.25) is 0 Å². The van der Waals surface area contributed by atoms with E-state index in [1.165, 1.54) is 29.5 Å². The Hall–Kier alpha value is -2.93. The lowest BCUT2D eigenvalue weighted by Crippen LogP contribution is -1.98. The third kappa shape index (κ3) is 3.04. The molecular formula is C14H9ClN4O3. The average Bonchev–Trinajstić information content (AvgIpc) is 3.04. The minimum absolute atomic E-state index is 0.100. The SMILES string of the molecule is O=[N+]([O-])c1cc(Oc2ccc(Cl)cc2)cc(-n2cncn2)c1. The van der Waals surface area contributed by atoms with Crippen molar-refractivity contribution in [2.24, 2.45) is 0 Å². The Morgan fingerprint density at radius 1 is 1.14 bits per heavy atom. The molecule has 3 rings (SSSR count). The zero-order valence-electron chi connectivity index (χ0n) is 11.1. The molecule has 0 N–H and O–H groups in total. The smallest absolute Gasteiger partial charge is 0.275 e. The van der Waals surface area contributed by atoms with Crippen LogP contribution in [-0.2, 0) is 0 Å². The summed E-state index contributed by atoms with van der Waals surface area (Å²) in [6, 6.07) is 11.1. The monoisotopic (exact) mass is 316 g/mol. The van der Waals surface area contributed by atoms with Gasteiger partial charge in [0, 0.05) is 17.2 Å². The fraction of sp³-hybridized carbons (Fsp3) is 0. The van der Waals surface area contributed by atoms with Crippen molar-refractivity contribution in [2.75, 3.05) is 0 Å². The van der Waals surface area contributed by atoms with Crippen LogP contribution < -0.4 is 4.74 Å². The molecule has 0 radical (unpaired) electrons. The molecule has 0 aliphatic carbocycles. The van der Waals surface area contributed by atoms with E-state index < -0.39 is 4.92 Å². The second kappa shape index (κ2) is 5.82. The fourth-order valence-corrected chi connectivity index (χ4v) is 1.97. The number of nitro benzene ring substituents is 1. The molecule has 0 aliphatic heterocycles. The van der Waals surface area contributed by atoms with Crippen LogP contribution in [0.3, 0.4) is 0 Å². The zero-order chi connectivity index (χ0) is 15.5.